The molecule has 1 saturated heterocycles. The number of carbonyl (C=O) groups is 2. The van der Waals surface area contributed by atoms with E-state index >= 15 is 0 Å². The third kappa shape index (κ3) is 6.51. The second-order valence-electron chi connectivity index (χ2n) is 4.32. The minimum absolute atomic E-state index is 0.0949. The lowest BCUT2D eigenvalue weighted by Crippen LogP contribution is -2.30. The van der Waals surface area contributed by atoms with Gasteiger partial charge in [0, 0.05) is 24.0 Å². The van der Waals surface area contributed by atoms with Gasteiger partial charge in [-0.3, -0.25) is 9.59 Å². The van der Waals surface area contributed by atoms with Gasteiger partial charge in [0.25, 0.3) is 0 Å². The van der Waals surface area contributed by atoms with Gasteiger partial charge in [-0.15, -0.1) is 0 Å². The predicted octanol–water partition coefficient (Wildman–Crippen LogP) is 1.23. The second-order valence-corrected chi connectivity index (χ2v) is 7.11. The highest BCUT2D eigenvalue weighted by atomic mass is 33.1. The number of rotatable bonds is 8. The van der Waals surface area contributed by atoms with E-state index in [9.17, 15) is 9.59 Å². The molecular formula is C11H20N2O3S2. The van der Waals surface area contributed by atoms with E-state index in [4.69, 9.17) is 10.8 Å². The summed E-state index contributed by atoms with van der Waals surface area (Å²) < 4.78 is 0. The molecule has 18 heavy (non-hydrogen) atoms. The van der Waals surface area contributed by atoms with Crippen molar-refractivity contribution in [2.45, 2.75) is 43.4 Å². The summed E-state index contributed by atoms with van der Waals surface area (Å²) in [5.41, 5.74) is 5.38. The van der Waals surface area contributed by atoms with Gasteiger partial charge in [0.05, 0.1) is 0 Å². The number of nitrogens with one attached hydrogen (secondary N) is 1. The first-order valence-corrected chi connectivity index (χ1v) is 8.51. The molecule has 0 aromatic carbocycles. The molecule has 0 bridgehead atoms. The van der Waals surface area contributed by atoms with E-state index in [0.717, 1.165) is 25.0 Å². The highest BCUT2D eigenvalue weighted by Gasteiger charge is 2.19. The zero-order valence-corrected chi connectivity index (χ0v) is 11.9. The van der Waals surface area contributed by atoms with Crippen LogP contribution in [0.1, 0.15) is 32.1 Å². The molecule has 0 aliphatic carbocycles. The molecule has 7 heteroatoms. The fourth-order valence-corrected chi connectivity index (χ4v) is 4.53. The minimum Gasteiger partial charge on any atom is -0.480 e. The van der Waals surface area contributed by atoms with Gasteiger partial charge in [0.15, 0.2) is 0 Å². The molecule has 1 fully saturated rings. The average molecular weight is 292 g/mol. The minimum atomic E-state index is -0.963. The summed E-state index contributed by atoms with van der Waals surface area (Å²) in [7, 11) is 3.62. The lowest BCUT2D eigenvalue weighted by atomic mass is 10.1. The van der Waals surface area contributed by atoms with Crippen molar-refractivity contribution in [3.63, 3.8) is 0 Å². The Morgan fingerprint density at radius 1 is 1.44 bits per heavy atom. The maximum Gasteiger partial charge on any atom is 0.320 e. The molecule has 1 unspecified atom stereocenters. The van der Waals surface area contributed by atoms with Crippen LogP contribution in [0.5, 0.6) is 0 Å². The first kappa shape index (κ1) is 15.7. The first-order valence-electron chi connectivity index (χ1n) is 6.13. The molecule has 1 rings (SSSR count). The van der Waals surface area contributed by atoms with Gasteiger partial charge >= 0.3 is 5.97 Å². The summed E-state index contributed by atoms with van der Waals surface area (Å²) >= 11 is 0. The number of nitrogens with two attached hydrogens (primary N) is 1. The average Bonchev–Trinajstić information content (AvgIpc) is 2.80. The zero-order chi connectivity index (χ0) is 13.4. The molecule has 0 aromatic heterocycles. The van der Waals surface area contributed by atoms with Crippen LogP contribution in [0.2, 0.25) is 0 Å². The van der Waals surface area contributed by atoms with Gasteiger partial charge in [0.1, 0.15) is 6.04 Å². The van der Waals surface area contributed by atoms with Crippen molar-refractivity contribution < 1.29 is 14.7 Å². The molecule has 1 aliphatic rings. The van der Waals surface area contributed by atoms with Gasteiger partial charge < -0.3 is 16.2 Å². The van der Waals surface area contributed by atoms with E-state index in [1.807, 2.05) is 10.8 Å². The fraction of sp³-hybridized carbons (Fsp3) is 0.818. The van der Waals surface area contributed by atoms with Crippen molar-refractivity contribution >= 4 is 33.5 Å². The predicted molar refractivity (Wildman–Crippen MR) is 75.5 cm³/mol. The number of unbranched alkanes of at least 4 members (excludes halogenated alkanes) is 1. The van der Waals surface area contributed by atoms with Crippen molar-refractivity contribution in [2.75, 3.05) is 12.3 Å². The van der Waals surface area contributed by atoms with E-state index in [2.05, 4.69) is 5.32 Å². The van der Waals surface area contributed by atoms with Crippen LogP contribution in [0.3, 0.4) is 0 Å². The highest BCUT2D eigenvalue weighted by molar-refractivity contribution is 8.77. The van der Waals surface area contributed by atoms with Gasteiger partial charge in [-0.05, 0) is 25.7 Å². The first-order chi connectivity index (χ1) is 8.59. The summed E-state index contributed by atoms with van der Waals surface area (Å²) in [6.07, 6.45) is 3.66. The van der Waals surface area contributed by atoms with Gasteiger partial charge in [-0.1, -0.05) is 21.6 Å². The normalized spacial score (nSPS) is 20.6. The van der Waals surface area contributed by atoms with Crippen LogP contribution in [-0.4, -0.2) is 40.6 Å². The van der Waals surface area contributed by atoms with Crippen LogP contribution < -0.4 is 11.1 Å². The molecule has 1 aliphatic heterocycles. The Labute approximate surface area is 115 Å². The van der Waals surface area contributed by atoms with Gasteiger partial charge in [0.2, 0.25) is 5.91 Å². The summed E-state index contributed by atoms with van der Waals surface area (Å²) in [5, 5.41) is 11.9. The molecule has 5 nitrogen and oxygen atoms in total. The molecule has 2 atom stereocenters. The van der Waals surface area contributed by atoms with E-state index in [-0.39, 0.29) is 5.91 Å². The summed E-state index contributed by atoms with van der Waals surface area (Å²) in [6, 6.07) is -0.785. The monoisotopic (exact) mass is 292 g/mol. The molecule has 1 heterocycles. The summed E-state index contributed by atoms with van der Waals surface area (Å²) in [6.45, 7) is 0.607. The van der Waals surface area contributed by atoms with E-state index < -0.39 is 12.0 Å². The van der Waals surface area contributed by atoms with Crippen molar-refractivity contribution in [2.24, 2.45) is 5.73 Å². The molecule has 1 amide bonds. The van der Waals surface area contributed by atoms with Gasteiger partial charge in [-0.2, -0.15) is 0 Å². The number of carboxylic acid groups (broad SMARTS) is 1. The van der Waals surface area contributed by atoms with E-state index in [1.54, 1.807) is 10.8 Å². The quantitative estimate of drug-likeness (QED) is 0.460. The van der Waals surface area contributed by atoms with Crippen LogP contribution in [-0.2, 0) is 9.59 Å². The Bertz CT molecular complexity index is 283. The summed E-state index contributed by atoms with van der Waals surface area (Å²) in [4.78, 5) is 22.0. The molecule has 4 N–H and O–H groups in total. The van der Waals surface area contributed by atoms with Crippen LogP contribution in [0.25, 0.3) is 0 Å². The number of carbonyl (C=O) groups excluding carboxylic acids is 1. The molecule has 0 saturated carbocycles. The van der Waals surface area contributed by atoms with Gasteiger partial charge in [-0.25, -0.2) is 0 Å². The zero-order valence-electron chi connectivity index (χ0n) is 10.3. The van der Waals surface area contributed by atoms with Crippen molar-refractivity contribution in [3.05, 3.63) is 0 Å². The third-order valence-corrected chi connectivity index (χ3v) is 5.66. The number of amides is 1. The summed E-state index contributed by atoms with van der Waals surface area (Å²) in [5.74, 6) is 0.266. The Hall–Kier alpha value is -0.400. The molecule has 0 radical (unpaired) electrons. The Morgan fingerprint density at radius 3 is 2.83 bits per heavy atom. The second kappa shape index (κ2) is 8.66. The molecule has 0 aromatic rings. The van der Waals surface area contributed by atoms with Crippen LogP contribution in [0.15, 0.2) is 0 Å². The number of hydrogen-bond acceptors (Lipinski definition) is 5. The highest BCUT2D eigenvalue weighted by Crippen LogP contribution is 2.38. The number of hydrogen-bond donors (Lipinski definition) is 3. The molecule has 104 valence electrons. The topological polar surface area (TPSA) is 92.4 Å². The lowest BCUT2D eigenvalue weighted by molar-refractivity contribution is -0.138. The maximum atomic E-state index is 11.6. The third-order valence-electron chi connectivity index (χ3n) is 2.72. The number of aliphatic carboxylic acids is 1. The van der Waals surface area contributed by atoms with E-state index in [0.29, 0.717) is 24.6 Å². The molecule has 0 spiro atoms. The molecular weight excluding hydrogens is 272 g/mol. The Kier molecular flexibility index (Phi) is 7.53. The van der Waals surface area contributed by atoms with Crippen molar-refractivity contribution in [1.82, 2.24) is 5.32 Å². The van der Waals surface area contributed by atoms with Crippen LogP contribution >= 0.6 is 21.6 Å². The van der Waals surface area contributed by atoms with Crippen molar-refractivity contribution in [1.29, 1.82) is 0 Å². The van der Waals surface area contributed by atoms with Crippen LogP contribution in [0.4, 0.5) is 0 Å². The lowest BCUT2D eigenvalue weighted by Gasteiger charge is -2.09. The van der Waals surface area contributed by atoms with E-state index in [1.165, 1.54) is 0 Å². The SMILES string of the molecule is N[C@@H](CCCCNC(=O)CC1CCSS1)C(=O)O. The maximum absolute atomic E-state index is 11.6. The van der Waals surface area contributed by atoms with Crippen LogP contribution in [0, 0.1) is 0 Å². The number of carboxylic acids is 1. The Morgan fingerprint density at radius 2 is 2.22 bits per heavy atom. The van der Waals surface area contributed by atoms with Crippen molar-refractivity contribution in [3.8, 4) is 0 Å². The standard InChI is InChI=1S/C11H20N2O3S2/c12-9(11(15)16)3-1-2-5-13-10(14)7-8-4-6-17-18-8/h8-9H,1-7,12H2,(H,13,14)(H,15,16)/t8?,9-/m0/s1. The Balaban J connectivity index is 1.96. The smallest absolute Gasteiger partial charge is 0.320 e. The fourth-order valence-electron chi connectivity index (χ4n) is 1.63. The largest absolute Gasteiger partial charge is 0.480 e.